The van der Waals surface area contributed by atoms with Crippen LogP contribution < -0.4 is 10.2 Å². The number of hydrogen-bond donors (Lipinski definition) is 1. The Labute approximate surface area is 130 Å². The number of carbonyl (C=O) groups is 1. The van der Waals surface area contributed by atoms with Gasteiger partial charge in [0.05, 0.1) is 11.4 Å². The molecular weight excluding hydrogens is 278 g/mol. The fraction of sp³-hybridized carbons (Fsp3) is 0.235. The van der Waals surface area contributed by atoms with Crippen LogP contribution >= 0.6 is 0 Å². The van der Waals surface area contributed by atoms with Gasteiger partial charge >= 0.3 is 0 Å². The molecule has 1 N–H and O–H groups in total. The number of rotatable bonds is 5. The van der Waals surface area contributed by atoms with Crippen molar-refractivity contribution in [3.63, 3.8) is 0 Å². The maximum atomic E-state index is 11.8. The molecule has 0 atom stereocenters. The smallest absolute Gasteiger partial charge is 0.277 e. The highest BCUT2D eigenvalue weighted by molar-refractivity contribution is 5.97. The second-order valence-corrected chi connectivity index (χ2v) is 5.00. The van der Waals surface area contributed by atoms with Crippen LogP contribution in [0.2, 0.25) is 0 Å². The van der Waals surface area contributed by atoms with Gasteiger partial charge in [-0.2, -0.15) is 5.10 Å². The highest BCUT2D eigenvalue weighted by Gasteiger charge is 2.05. The molecule has 0 saturated carbocycles. The predicted molar refractivity (Wildman–Crippen MR) is 86.0 cm³/mol. The Morgan fingerprint density at radius 2 is 2.09 bits per heavy atom. The number of ether oxygens (including phenoxy) is 1. The Morgan fingerprint density at radius 3 is 2.77 bits per heavy atom. The first kappa shape index (κ1) is 15.7. The van der Waals surface area contributed by atoms with Crippen LogP contribution in [0.15, 0.2) is 47.7 Å². The Balaban J connectivity index is 1.88. The van der Waals surface area contributed by atoms with Gasteiger partial charge in [-0.05, 0) is 44.5 Å². The van der Waals surface area contributed by atoms with Gasteiger partial charge in [0.1, 0.15) is 5.75 Å². The molecule has 5 nitrogen and oxygen atoms in total. The van der Waals surface area contributed by atoms with Crippen LogP contribution in [0.25, 0.3) is 0 Å². The first-order valence-electron chi connectivity index (χ1n) is 7.01. The summed E-state index contributed by atoms with van der Waals surface area (Å²) in [6.45, 7) is 5.67. The van der Waals surface area contributed by atoms with Crippen LogP contribution in [-0.4, -0.2) is 23.2 Å². The summed E-state index contributed by atoms with van der Waals surface area (Å²) in [4.78, 5) is 15.9. The molecule has 2 aromatic rings. The lowest BCUT2D eigenvalue weighted by Crippen LogP contribution is -2.25. The Bertz CT molecular complexity index is 682. The number of carbonyl (C=O) groups excluding carboxylic acids is 1. The average Bonchev–Trinajstić information content (AvgIpc) is 2.52. The van der Waals surface area contributed by atoms with E-state index < -0.39 is 0 Å². The van der Waals surface area contributed by atoms with Gasteiger partial charge < -0.3 is 4.74 Å². The summed E-state index contributed by atoms with van der Waals surface area (Å²) in [7, 11) is 0. The zero-order valence-electron chi connectivity index (χ0n) is 13.0. The van der Waals surface area contributed by atoms with E-state index in [0.29, 0.717) is 11.5 Å². The average molecular weight is 297 g/mol. The summed E-state index contributed by atoms with van der Waals surface area (Å²) in [6.07, 6.45) is 1.68. The zero-order valence-corrected chi connectivity index (χ0v) is 13.0. The lowest BCUT2D eigenvalue weighted by molar-refractivity contribution is -0.123. The maximum Gasteiger partial charge on any atom is 0.277 e. The molecule has 0 aliphatic carbocycles. The van der Waals surface area contributed by atoms with Crippen LogP contribution in [0.1, 0.15) is 23.7 Å². The second kappa shape index (κ2) is 7.36. The molecule has 1 aromatic carbocycles. The lowest BCUT2D eigenvalue weighted by atomic mass is 10.1. The lowest BCUT2D eigenvalue weighted by Gasteiger charge is -2.09. The van der Waals surface area contributed by atoms with Crippen LogP contribution in [-0.2, 0) is 4.79 Å². The fourth-order valence-electron chi connectivity index (χ4n) is 1.92. The third kappa shape index (κ3) is 4.41. The minimum absolute atomic E-state index is 0.0805. The van der Waals surface area contributed by atoms with Crippen molar-refractivity contribution < 1.29 is 9.53 Å². The summed E-state index contributed by atoms with van der Waals surface area (Å²) in [6, 6.07) is 11.3. The van der Waals surface area contributed by atoms with Gasteiger partial charge in [0, 0.05) is 6.20 Å². The molecule has 5 heteroatoms. The molecule has 114 valence electrons. The zero-order chi connectivity index (χ0) is 15.9. The van der Waals surface area contributed by atoms with Crippen molar-refractivity contribution in [1.29, 1.82) is 0 Å². The molecule has 0 bridgehead atoms. The van der Waals surface area contributed by atoms with E-state index in [4.69, 9.17) is 4.74 Å². The number of amides is 1. The van der Waals surface area contributed by atoms with Crippen molar-refractivity contribution in [3.8, 4) is 5.75 Å². The summed E-state index contributed by atoms with van der Waals surface area (Å²) in [5.74, 6) is 0.390. The molecule has 0 aliphatic rings. The standard InChI is InChI=1S/C17H19N3O2/c1-12-7-8-16(13(2)10-12)22-11-17(21)20-19-14(3)15-6-4-5-9-18-15/h4-10H,11H2,1-3H3,(H,20,21)/b19-14-. The number of hydrazone groups is 1. The monoisotopic (exact) mass is 297 g/mol. The Hall–Kier alpha value is -2.69. The van der Waals surface area contributed by atoms with E-state index in [1.165, 1.54) is 0 Å². The van der Waals surface area contributed by atoms with Gasteiger partial charge in [0.25, 0.3) is 5.91 Å². The second-order valence-electron chi connectivity index (χ2n) is 5.00. The van der Waals surface area contributed by atoms with Crippen molar-refractivity contribution in [2.45, 2.75) is 20.8 Å². The van der Waals surface area contributed by atoms with E-state index >= 15 is 0 Å². The summed E-state index contributed by atoms with van der Waals surface area (Å²) < 4.78 is 5.49. The van der Waals surface area contributed by atoms with E-state index in [-0.39, 0.29) is 12.5 Å². The topological polar surface area (TPSA) is 63.6 Å². The number of aromatic nitrogens is 1. The van der Waals surface area contributed by atoms with Crippen molar-refractivity contribution in [2.75, 3.05) is 6.61 Å². The number of hydrogen-bond acceptors (Lipinski definition) is 4. The molecule has 0 saturated heterocycles. The van der Waals surface area contributed by atoms with Gasteiger partial charge in [-0.25, -0.2) is 5.43 Å². The molecule has 2 rings (SSSR count). The molecule has 1 amide bonds. The molecule has 1 heterocycles. The normalized spacial score (nSPS) is 11.1. The largest absolute Gasteiger partial charge is 0.483 e. The first-order chi connectivity index (χ1) is 10.6. The number of aryl methyl sites for hydroxylation is 2. The first-order valence-corrected chi connectivity index (χ1v) is 7.01. The van der Waals surface area contributed by atoms with Crippen LogP contribution in [0.3, 0.4) is 0 Å². The number of nitrogens with one attached hydrogen (secondary N) is 1. The summed E-state index contributed by atoms with van der Waals surface area (Å²) >= 11 is 0. The van der Waals surface area contributed by atoms with Gasteiger partial charge in [-0.15, -0.1) is 0 Å². The van der Waals surface area contributed by atoms with E-state index in [2.05, 4.69) is 15.5 Å². The third-order valence-electron chi connectivity index (χ3n) is 3.07. The summed E-state index contributed by atoms with van der Waals surface area (Å²) in [5.41, 5.74) is 5.98. The van der Waals surface area contributed by atoms with E-state index in [1.807, 2.05) is 50.2 Å². The van der Waals surface area contributed by atoms with Crippen molar-refractivity contribution in [2.24, 2.45) is 5.10 Å². The molecule has 0 aliphatic heterocycles. The van der Waals surface area contributed by atoms with Gasteiger partial charge in [-0.1, -0.05) is 23.8 Å². The molecule has 1 aromatic heterocycles. The quantitative estimate of drug-likeness (QED) is 0.681. The number of pyridine rings is 1. The van der Waals surface area contributed by atoms with E-state index in [0.717, 1.165) is 16.8 Å². The Kier molecular flexibility index (Phi) is 5.25. The Morgan fingerprint density at radius 1 is 1.27 bits per heavy atom. The van der Waals surface area contributed by atoms with E-state index in [1.54, 1.807) is 13.1 Å². The van der Waals surface area contributed by atoms with Gasteiger partial charge in [-0.3, -0.25) is 9.78 Å². The molecule has 22 heavy (non-hydrogen) atoms. The van der Waals surface area contributed by atoms with E-state index in [9.17, 15) is 4.79 Å². The number of nitrogens with zero attached hydrogens (tertiary/aromatic N) is 2. The van der Waals surface area contributed by atoms with Crippen molar-refractivity contribution in [3.05, 3.63) is 59.4 Å². The van der Waals surface area contributed by atoms with Crippen molar-refractivity contribution in [1.82, 2.24) is 10.4 Å². The molecule has 0 radical (unpaired) electrons. The molecular formula is C17H19N3O2. The van der Waals surface area contributed by atoms with Crippen LogP contribution in [0.4, 0.5) is 0 Å². The van der Waals surface area contributed by atoms with Gasteiger partial charge in [0.15, 0.2) is 6.61 Å². The molecule has 0 unspecified atom stereocenters. The van der Waals surface area contributed by atoms with Crippen LogP contribution in [0, 0.1) is 13.8 Å². The SMILES string of the molecule is C/C(=N/NC(=O)COc1ccc(C)cc1C)c1ccccn1. The maximum absolute atomic E-state index is 11.8. The minimum Gasteiger partial charge on any atom is -0.483 e. The highest BCUT2D eigenvalue weighted by atomic mass is 16.5. The predicted octanol–water partition coefficient (Wildman–Crippen LogP) is 2.62. The summed E-state index contributed by atoms with van der Waals surface area (Å²) in [5, 5.41) is 4.02. The minimum atomic E-state index is -0.310. The third-order valence-corrected chi connectivity index (χ3v) is 3.07. The van der Waals surface area contributed by atoms with Gasteiger partial charge in [0.2, 0.25) is 0 Å². The van der Waals surface area contributed by atoms with Crippen molar-refractivity contribution >= 4 is 11.6 Å². The fourth-order valence-corrected chi connectivity index (χ4v) is 1.92. The van der Waals surface area contributed by atoms with Crippen LogP contribution in [0.5, 0.6) is 5.75 Å². The molecule has 0 spiro atoms. The highest BCUT2D eigenvalue weighted by Crippen LogP contribution is 2.18. The number of benzene rings is 1. The molecule has 0 fully saturated rings.